The van der Waals surface area contributed by atoms with Crippen molar-refractivity contribution in [1.82, 2.24) is 15.1 Å². The molecule has 50 heavy (non-hydrogen) atoms. The molecule has 0 aromatic heterocycles. The second-order valence-electron chi connectivity index (χ2n) is 15.5. The number of carbonyl (C=O) groups excluding carboxylic acids is 1. The molecule has 2 heterocycles. The molecule has 2 aliphatic rings. The van der Waals surface area contributed by atoms with Gasteiger partial charge in [0, 0.05) is 25.0 Å². The highest BCUT2D eigenvalue weighted by Crippen LogP contribution is 2.36. The molecule has 2 saturated heterocycles. The van der Waals surface area contributed by atoms with Gasteiger partial charge in [-0.05, 0) is 91.7 Å². The molecule has 12 nitrogen and oxygen atoms in total. The summed E-state index contributed by atoms with van der Waals surface area (Å²) in [7, 11) is 3.74. The average molecular weight is 726 g/mol. The van der Waals surface area contributed by atoms with Crippen molar-refractivity contribution in [3.63, 3.8) is 0 Å². The molecule has 3 rings (SSSR count). The number of ether oxygens (including phenoxy) is 3. The molecular weight excluding hydrogens is 662 g/mol. The fourth-order valence-electron chi connectivity index (χ4n) is 7.65. The van der Waals surface area contributed by atoms with Crippen molar-refractivity contribution in [3.8, 4) is 0 Å². The summed E-state index contributed by atoms with van der Waals surface area (Å²) in [5, 5.41) is 62.3. The van der Waals surface area contributed by atoms with E-state index < -0.39 is 71.9 Å². The average Bonchev–Trinajstić information content (AvgIpc) is 3.06. The van der Waals surface area contributed by atoms with Crippen molar-refractivity contribution in [1.29, 1.82) is 0 Å². The van der Waals surface area contributed by atoms with E-state index in [1.807, 2.05) is 63.2 Å². The van der Waals surface area contributed by atoms with Crippen LogP contribution in [0.3, 0.4) is 0 Å². The van der Waals surface area contributed by atoms with E-state index in [-0.39, 0.29) is 37.5 Å². The van der Waals surface area contributed by atoms with Crippen LogP contribution in [-0.4, -0.2) is 133 Å². The third-order valence-corrected chi connectivity index (χ3v) is 11.1. The number of thiocarbonyl (C=S) groups is 1. The van der Waals surface area contributed by atoms with Gasteiger partial charge >= 0.3 is 5.97 Å². The number of carbonyl (C=O) groups is 1. The van der Waals surface area contributed by atoms with Crippen LogP contribution in [0.15, 0.2) is 30.3 Å². The summed E-state index contributed by atoms with van der Waals surface area (Å²) in [6.07, 6.45) is -6.46. The highest BCUT2D eigenvalue weighted by molar-refractivity contribution is 7.80. The monoisotopic (exact) mass is 725 g/mol. The van der Waals surface area contributed by atoms with Gasteiger partial charge in [0.25, 0.3) is 0 Å². The molecule has 0 saturated carbocycles. The normalized spacial score (nSPS) is 41.2. The molecule has 2 fully saturated rings. The number of aliphatic hydroxyl groups excluding tert-OH is 3. The predicted octanol–water partition coefficient (Wildman–Crippen LogP) is 2.42. The lowest BCUT2D eigenvalue weighted by molar-refractivity contribution is -0.299. The van der Waals surface area contributed by atoms with Crippen LogP contribution in [0.5, 0.6) is 0 Å². The molecule has 0 aliphatic carbocycles. The van der Waals surface area contributed by atoms with Crippen LogP contribution in [0.2, 0.25) is 0 Å². The molecule has 6 N–H and O–H groups in total. The van der Waals surface area contributed by atoms with E-state index in [9.17, 15) is 30.3 Å². The topological polar surface area (TPSA) is 164 Å². The number of nitrogens with one attached hydrogen (secondary N) is 1. The lowest BCUT2D eigenvalue weighted by Crippen LogP contribution is -2.61. The quantitative estimate of drug-likeness (QED) is 0.187. The van der Waals surface area contributed by atoms with Crippen LogP contribution < -0.4 is 5.32 Å². The smallest absolute Gasteiger partial charge is 0.311 e. The Kier molecular flexibility index (Phi) is 15.1. The minimum atomic E-state index is -1.89. The zero-order chi connectivity index (χ0) is 37.7. The highest BCUT2D eigenvalue weighted by Gasteiger charge is 2.50. The summed E-state index contributed by atoms with van der Waals surface area (Å²) in [4.78, 5) is 17.3. The Morgan fingerprint density at radius 1 is 1.06 bits per heavy atom. The highest BCUT2D eigenvalue weighted by atomic mass is 32.1. The van der Waals surface area contributed by atoms with Crippen molar-refractivity contribution in [2.75, 3.05) is 20.6 Å². The zero-order valence-electron chi connectivity index (χ0n) is 31.5. The molecule has 0 amide bonds. The number of esters is 1. The van der Waals surface area contributed by atoms with Crippen LogP contribution in [0.25, 0.3) is 0 Å². The number of cyclic esters (lactones) is 1. The first kappa shape index (κ1) is 42.5. The molecule has 286 valence electrons. The number of hydrogen-bond donors (Lipinski definition) is 6. The molecule has 1 aromatic rings. The third kappa shape index (κ3) is 10.1. The number of likely N-dealkylation sites (N-methyl/N-ethyl adjacent to an activating group) is 1. The van der Waals surface area contributed by atoms with Crippen LogP contribution in [0, 0.1) is 17.8 Å². The zero-order valence-corrected chi connectivity index (χ0v) is 32.3. The second kappa shape index (κ2) is 17.7. The van der Waals surface area contributed by atoms with E-state index in [0.717, 1.165) is 5.56 Å². The van der Waals surface area contributed by atoms with Gasteiger partial charge in [-0.1, -0.05) is 51.1 Å². The first-order chi connectivity index (χ1) is 23.2. The predicted molar refractivity (Wildman–Crippen MR) is 195 cm³/mol. The van der Waals surface area contributed by atoms with Gasteiger partial charge < -0.3 is 54.9 Å². The molecule has 2 aliphatic heterocycles. The van der Waals surface area contributed by atoms with E-state index in [1.165, 1.54) is 13.8 Å². The Morgan fingerprint density at radius 3 is 2.26 bits per heavy atom. The van der Waals surface area contributed by atoms with Crippen molar-refractivity contribution in [2.45, 2.75) is 147 Å². The van der Waals surface area contributed by atoms with Gasteiger partial charge in [-0.2, -0.15) is 0 Å². The van der Waals surface area contributed by atoms with Crippen molar-refractivity contribution in [3.05, 3.63) is 35.9 Å². The molecule has 14 atom stereocenters. The van der Waals surface area contributed by atoms with Crippen LogP contribution >= 0.6 is 12.2 Å². The summed E-state index contributed by atoms with van der Waals surface area (Å²) in [6, 6.07) is 8.70. The van der Waals surface area contributed by atoms with Gasteiger partial charge in [-0.25, -0.2) is 0 Å². The number of nitrogens with zero attached hydrogens (tertiary/aromatic N) is 2. The van der Waals surface area contributed by atoms with Gasteiger partial charge in [-0.15, -0.1) is 0 Å². The maximum atomic E-state index is 13.6. The fourth-order valence-corrected chi connectivity index (χ4v) is 7.97. The van der Waals surface area contributed by atoms with Crippen molar-refractivity contribution >= 4 is 23.3 Å². The number of hydrogen-bond acceptors (Lipinski definition) is 11. The summed E-state index contributed by atoms with van der Waals surface area (Å²) < 4.78 is 18.4. The minimum absolute atomic E-state index is 0.150. The van der Waals surface area contributed by atoms with E-state index in [2.05, 4.69) is 5.32 Å². The molecular formula is C37H63N3O9S. The van der Waals surface area contributed by atoms with Gasteiger partial charge in [0.05, 0.1) is 35.9 Å². The second-order valence-corrected chi connectivity index (χ2v) is 15.9. The Morgan fingerprint density at radius 2 is 1.68 bits per heavy atom. The van der Waals surface area contributed by atoms with Crippen LogP contribution in [0.1, 0.15) is 80.2 Å². The molecule has 2 unspecified atom stereocenters. The molecule has 1 aromatic carbocycles. The first-order valence-electron chi connectivity index (χ1n) is 18.0. The van der Waals surface area contributed by atoms with E-state index >= 15 is 0 Å². The summed E-state index contributed by atoms with van der Waals surface area (Å²) in [5.74, 6) is -2.98. The largest absolute Gasteiger partial charge is 0.459 e. The summed E-state index contributed by atoms with van der Waals surface area (Å²) >= 11 is 5.88. The van der Waals surface area contributed by atoms with Gasteiger partial charge in [0.1, 0.15) is 23.9 Å². The van der Waals surface area contributed by atoms with Gasteiger partial charge in [-0.3, -0.25) is 4.79 Å². The third-order valence-electron chi connectivity index (χ3n) is 10.7. The van der Waals surface area contributed by atoms with Crippen molar-refractivity contribution in [2.24, 2.45) is 17.8 Å². The molecule has 0 spiro atoms. The van der Waals surface area contributed by atoms with Gasteiger partial charge in [0.2, 0.25) is 0 Å². The number of aliphatic hydroxyl groups is 5. The first-order valence-corrected chi connectivity index (χ1v) is 18.4. The van der Waals surface area contributed by atoms with Gasteiger partial charge in [0.15, 0.2) is 11.4 Å². The summed E-state index contributed by atoms with van der Waals surface area (Å²) in [5.41, 5.74) is -2.49. The maximum absolute atomic E-state index is 13.6. The molecule has 13 heteroatoms. The SMILES string of the molecule is CC[C@H]1OC(=O)[C@H](C)C(O)[C@H](C)[C@@H](O[C@@H]2O[C@H](C)C[C@H](N(C)C)[C@H]2O)C(C)(O)C[C@@H](C)CN(C(=S)NCc2ccccc2)[C@H](C)[C@@H](O)[C@]1(C)O. The Labute approximate surface area is 304 Å². The molecule has 0 bridgehead atoms. The molecule has 0 radical (unpaired) electrons. The summed E-state index contributed by atoms with van der Waals surface area (Å²) in [6.45, 7) is 14.3. The lowest BCUT2D eigenvalue weighted by atomic mass is 9.78. The Hall–Kier alpha value is -1.94. The Balaban J connectivity index is 2.05. The standard InChI is InChI=1S/C37H63N3O9S/c1-11-28-37(8,46)31(43)25(6)40(35(50)38-19-26-15-13-12-14-16-26)20-21(2)18-36(7,45)32(23(4)29(41)24(5)33(44)48-28)49-34-30(42)27(39(9)10)17-22(3)47-34/h12-16,21-25,27-32,34,41-43,45-46H,11,17-20H2,1-10H3,(H,38,50)/t21-,22-,23+,24-,25-,27+,28-,29?,30-,31-,32-,34+,36?,37-/m1/s1. The Bertz CT molecular complexity index is 1240. The van der Waals surface area contributed by atoms with E-state index in [0.29, 0.717) is 18.1 Å². The maximum Gasteiger partial charge on any atom is 0.311 e. The lowest BCUT2D eigenvalue weighted by Gasteiger charge is -2.47. The van der Waals surface area contributed by atoms with E-state index in [1.54, 1.807) is 32.6 Å². The number of benzene rings is 1. The fraction of sp³-hybridized carbons (Fsp3) is 0.784. The number of rotatable bonds is 6. The van der Waals surface area contributed by atoms with E-state index in [4.69, 9.17) is 26.4 Å². The van der Waals surface area contributed by atoms with Crippen LogP contribution in [-0.2, 0) is 25.5 Å². The van der Waals surface area contributed by atoms with Crippen molar-refractivity contribution < 1.29 is 44.5 Å². The van der Waals surface area contributed by atoms with Crippen LogP contribution in [0.4, 0.5) is 0 Å². The minimum Gasteiger partial charge on any atom is -0.459 e.